The van der Waals surface area contributed by atoms with E-state index in [9.17, 15) is 0 Å². The van der Waals surface area contributed by atoms with Crippen molar-refractivity contribution in [1.29, 1.82) is 0 Å². The van der Waals surface area contributed by atoms with Gasteiger partial charge in [0.2, 0.25) is 0 Å². The third-order valence-corrected chi connectivity index (χ3v) is 1.50. The van der Waals surface area contributed by atoms with E-state index in [0.29, 0.717) is 0 Å². The highest BCUT2D eigenvalue weighted by Crippen LogP contribution is 1.98. The lowest BCUT2D eigenvalue weighted by Crippen LogP contribution is -1.92. The quantitative estimate of drug-likeness (QED) is 0.592. The molecule has 0 aromatic heterocycles. The van der Waals surface area contributed by atoms with Gasteiger partial charge in [-0.2, -0.15) is 0 Å². The fourth-order valence-corrected chi connectivity index (χ4v) is 0.607. The summed E-state index contributed by atoms with van der Waals surface area (Å²) in [5, 5.41) is 0. The SMILES string of the molecule is C\C=C/N=C(C)\C(C)=C/N=C(C)C. The summed E-state index contributed by atoms with van der Waals surface area (Å²) in [7, 11) is 0. The van der Waals surface area contributed by atoms with Gasteiger partial charge in [0.05, 0.1) is 0 Å². The van der Waals surface area contributed by atoms with E-state index in [4.69, 9.17) is 0 Å². The van der Waals surface area contributed by atoms with Crippen LogP contribution in [0.2, 0.25) is 0 Å². The maximum Gasteiger partial charge on any atom is 0.0416 e. The van der Waals surface area contributed by atoms with Crippen LogP contribution >= 0.6 is 0 Å². The van der Waals surface area contributed by atoms with Gasteiger partial charge in [-0.05, 0) is 40.2 Å². The van der Waals surface area contributed by atoms with Gasteiger partial charge in [0.1, 0.15) is 0 Å². The summed E-state index contributed by atoms with van der Waals surface area (Å²) in [5.41, 5.74) is 3.15. The Kier molecular flexibility index (Phi) is 5.77. The molecule has 0 atom stereocenters. The topological polar surface area (TPSA) is 24.7 Å². The molecule has 0 aromatic carbocycles. The summed E-state index contributed by atoms with van der Waals surface area (Å²) in [4.78, 5) is 8.42. The standard InChI is InChI=1S/C11H18N2/c1-6-7-12-11(5)10(4)8-13-9(2)3/h6-8H,1-5H3/b7-6-,10-8-,12-11-. The average Bonchev–Trinajstić information content (AvgIpc) is 2.10. The lowest BCUT2D eigenvalue weighted by molar-refractivity contribution is 1.39. The van der Waals surface area contributed by atoms with Gasteiger partial charge in [0, 0.05) is 23.8 Å². The molecule has 0 saturated heterocycles. The number of rotatable bonds is 3. The smallest absolute Gasteiger partial charge is 0.0416 e. The molecule has 0 rings (SSSR count). The Morgan fingerprint density at radius 1 is 1.00 bits per heavy atom. The third kappa shape index (κ3) is 6.02. The fourth-order valence-electron chi connectivity index (χ4n) is 0.607. The van der Waals surface area contributed by atoms with Crippen molar-refractivity contribution < 1.29 is 0 Å². The van der Waals surface area contributed by atoms with Crippen molar-refractivity contribution in [3.63, 3.8) is 0 Å². The van der Waals surface area contributed by atoms with Crippen molar-refractivity contribution in [2.24, 2.45) is 9.98 Å². The van der Waals surface area contributed by atoms with Gasteiger partial charge in [0.25, 0.3) is 0 Å². The van der Waals surface area contributed by atoms with E-state index in [1.54, 1.807) is 6.20 Å². The predicted molar refractivity (Wildman–Crippen MR) is 60.5 cm³/mol. The molecule has 2 heteroatoms. The predicted octanol–water partition coefficient (Wildman–Crippen LogP) is 3.37. The Labute approximate surface area is 80.8 Å². The van der Waals surface area contributed by atoms with Crippen LogP contribution < -0.4 is 0 Å². The van der Waals surface area contributed by atoms with Crippen molar-refractivity contribution in [3.8, 4) is 0 Å². The van der Waals surface area contributed by atoms with Crippen LogP contribution in [0.5, 0.6) is 0 Å². The Bertz CT molecular complexity index is 264. The summed E-state index contributed by atoms with van der Waals surface area (Å²) >= 11 is 0. The Balaban J connectivity index is 4.50. The Hall–Kier alpha value is -1.18. The molecule has 0 N–H and O–H groups in total. The van der Waals surface area contributed by atoms with E-state index in [-0.39, 0.29) is 0 Å². The van der Waals surface area contributed by atoms with E-state index in [2.05, 4.69) is 9.98 Å². The molecule has 0 aromatic rings. The van der Waals surface area contributed by atoms with E-state index in [1.165, 1.54) is 0 Å². The molecule has 0 bridgehead atoms. The van der Waals surface area contributed by atoms with Crippen molar-refractivity contribution in [3.05, 3.63) is 24.0 Å². The highest BCUT2D eigenvalue weighted by atomic mass is 14.7. The fraction of sp³-hybridized carbons (Fsp3) is 0.455. The molecule has 0 amide bonds. The van der Waals surface area contributed by atoms with E-state index in [0.717, 1.165) is 17.0 Å². The molecule has 0 radical (unpaired) electrons. The van der Waals surface area contributed by atoms with Gasteiger partial charge >= 0.3 is 0 Å². The van der Waals surface area contributed by atoms with E-state index >= 15 is 0 Å². The van der Waals surface area contributed by atoms with Gasteiger partial charge in [-0.3, -0.25) is 9.98 Å². The summed E-state index contributed by atoms with van der Waals surface area (Å²) in [6, 6.07) is 0. The number of nitrogens with zero attached hydrogens (tertiary/aromatic N) is 2. The second-order valence-electron chi connectivity index (χ2n) is 3.09. The number of aliphatic imine (C=N–C) groups is 2. The molecule has 0 aliphatic carbocycles. The van der Waals surface area contributed by atoms with Gasteiger partial charge < -0.3 is 0 Å². The summed E-state index contributed by atoms with van der Waals surface area (Å²) in [5.74, 6) is 0. The molecule has 0 aliphatic rings. The minimum atomic E-state index is 1.00. The second kappa shape index (κ2) is 6.35. The van der Waals surface area contributed by atoms with E-state index < -0.39 is 0 Å². The number of hydrogen-bond donors (Lipinski definition) is 0. The zero-order chi connectivity index (χ0) is 10.3. The highest BCUT2D eigenvalue weighted by Gasteiger charge is 1.91. The zero-order valence-corrected chi connectivity index (χ0v) is 9.13. The monoisotopic (exact) mass is 178 g/mol. The largest absolute Gasteiger partial charge is 0.266 e. The first-order chi connectivity index (χ1) is 6.07. The molecule has 0 spiro atoms. The van der Waals surface area contributed by atoms with Crippen LogP contribution in [0.4, 0.5) is 0 Å². The van der Waals surface area contributed by atoms with Crippen LogP contribution in [0.1, 0.15) is 34.6 Å². The van der Waals surface area contributed by atoms with Crippen LogP contribution in [-0.2, 0) is 0 Å². The van der Waals surface area contributed by atoms with E-state index in [1.807, 2.05) is 46.9 Å². The van der Waals surface area contributed by atoms with Crippen LogP contribution in [0, 0.1) is 0 Å². The van der Waals surface area contributed by atoms with Crippen molar-refractivity contribution in [2.45, 2.75) is 34.6 Å². The van der Waals surface area contributed by atoms with Crippen LogP contribution in [0.15, 0.2) is 34.0 Å². The maximum atomic E-state index is 4.22. The first-order valence-electron chi connectivity index (χ1n) is 4.41. The van der Waals surface area contributed by atoms with Gasteiger partial charge in [-0.1, -0.05) is 6.08 Å². The van der Waals surface area contributed by atoms with Gasteiger partial charge in [-0.25, -0.2) is 0 Å². The molecule has 0 heterocycles. The van der Waals surface area contributed by atoms with Crippen LogP contribution in [0.3, 0.4) is 0 Å². The van der Waals surface area contributed by atoms with Gasteiger partial charge in [-0.15, -0.1) is 0 Å². The molecule has 0 unspecified atom stereocenters. The summed E-state index contributed by atoms with van der Waals surface area (Å²) in [6.45, 7) is 9.88. The number of allylic oxidation sites excluding steroid dienone is 2. The lowest BCUT2D eigenvalue weighted by atomic mass is 10.2. The van der Waals surface area contributed by atoms with Crippen molar-refractivity contribution >= 4 is 11.4 Å². The molecular weight excluding hydrogens is 160 g/mol. The molecular formula is C11H18N2. The lowest BCUT2D eigenvalue weighted by Gasteiger charge is -1.96. The minimum absolute atomic E-state index is 1.00. The van der Waals surface area contributed by atoms with Crippen molar-refractivity contribution in [1.82, 2.24) is 0 Å². The van der Waals surface area contributed by atoms with Crippen LogP contribution in [0.25, 0.3) is 0 Å². The normalized spacial score (nSPS) is 13.6. The maximum absolute atomic E-state index is 4.22. The van der Waals surface area contributed by atoms with Crippen LogP contribution in [-0.4, -0.2) is 11.4 Å². The first kappa shape index (κ1) is 11.8. The number of hydrogen-bond acceptors (Lipinski definition) is 2. The minimum Gasteiger partial charge on any atom is -0.266 e. The summed E-state index contributed by atoms with van der Waals surface area (Å²) in [6.07, 6.45) is 5.54. The summed E-state index contributed by atoms with van der Waals surface area (Å²) < 4.78 is 0. The molecule has 2 nitrogen and oxygen atoms in total. The molecule has 72 valence electrons. The second-order valence-corrected chi connectivity index (χ2v) is 3.09. The Morgan fingerprint density at radius 2 is 1.62 bits per heavy atom. The van der Waals surface area contributed by atoms with Crippen molar-refractivity contribution in [2.75, 3.05) is 0 Å². The van der Waals surface area contributed by atoms with Gasteiger partial charge in [0.15, 0.2) is 0 Å². The average molecular weight is 178 g/mol. The Morgan fingerprint density at radius 3 is 2.08 bits per heavy atom. The third-order valence-electron chi connectivity index (χ3n) is 1.50. The highest BCUT2D eigenvalue weighted by molar-refractivity contribution is 5.98. The molecule has 0 aliphatic heterocycles. The zero-order valence-electron chi connectivity index (χ0n) is 9.13. The molecule has 0 saturated carbocycles. The first-order valence-corrected chi connectivity index (χ1v) is 4.41. The molecule has 13 heavy (non-hydrogen) atoms. The molecule has 0 fully saturated rings.